The normalized spacial score (nSPS) is 8.64. The zero-order valence-corrected chi connectivity index (χ0v) is 7.78. The molecule has 1 aromatic rings. The summed E-state index contributed by atoms with van der Waals surface area (Å²) in [4.78, 5) is 10.2. The van der Waals surface area contributed by atoms with Gasteiger partial charge in [-0.05, 0) is 24.3 Å². The number of hydrogen-bond donors (Lipinski definition) is 1. The lowest BCUT2D eigenvalue weighted by Gasteiger charge is -1.97. The van der Waals surface area contributed by atoms with E-state index in [0.29, 0.717) is 0 Å². The molecule has 0 unspecified atom stereocenters. The molecule has 0 aliphatic heterocycles. The summed E-state index contributed by atoms with van der Waals surface area (Å²) in [5.41, 5.74) is 0.784. The summed E-state index contributed by atoms with van der Waals surface area (Å²) >= 11 is 0. The van der Waals surface area contributed by atoms with Crippen LogP contribution in [-0.4, -0.2) is 18.2 Å². The van der Waals surface area contributed by atoms with Crippen LogP contribution in [0, 0.1) is 11.8 Å². The summed E-state index contributed by atoms with van der Waals surface area (Å²) < 4.78 is 4.97. The van der Waals surface area contributed by atoms with Crippen molar-refractivity contribution >= 4 is 5.97 Å². The van der Waals surface area contributed by atoms with Gasteiger partial charge in [0.05, 0.1) is 7.11 Å². The van der Waals surface area contributed by atoms with E-state index in [1.165, 1.54) is 0 Å². The molecule has 0 amide bonds. The summed E-state index contributed by atoms with van der Waals surface area (Å²) in [6.45, 7) is 0. The second-order valence-electron chi connectivity index (χ2n) is 2.60. The maximum Gasteiger partial charge on any atom is 0.315 e. The van der Waals surface area contributed by atoms with Crippen molar-refractivity contribution < 1.29 is 14.6 Å². The minimum Gasteiger partial charge on any atom is -0.497 e. The maximum atomic E-state index is 10.2. The van der Waals surface area contributed by atoms with Crippen LogP contribution in [0.4, 0.5) is 0 Å². The molecule has 1 N–H and O–H groups in total. The molecule has 3 nitrogen and oxygen atoms in total. The fourth-order valence-electron chi connectivity index (χ4n) is 0.896. The van der Waals surface area contributed by atoms with E-state index in [1.54, 1.807) is 31.4 Å². The maximum absolute atomic E-state index is 10.2. The van der Waals surface area contributed by atoms with E-state index in [-0.39, 0.29) is 6.42 Å². The number of carbonyl (C=O) groups is 1. The predicted octanol–water partition coefficient (Wildman–Crippen LogP) is 1.52. The van der Waals surface area contributed by atoms with Crippen LogP contribution >= 0.6 is 0 Å². The molecule has 0 bridgehead atoms. The Hall–Kier alpha value is -1.95. The van der Waals surface area contributed by atoms with Crippen molar-refractivity contribution in [1.29, 1.82) is 0 Å². The van der Waals surface area contributed by atoms with Crippen molar-refractivity contribution in [1.82, 2.24) is 0 Å². The Balaban J connectivity index is 2.66. The number of methoxy groups -OCH3 is 1. The topological polar surface area (TPSA) is 46.5 Å². The van der Waals surface area contributed by atoms with Crippen LogP contribution in [-0.2, 0) is 4.79 Å². The first-order valence-corrected chi connectivity index (χ1v) is 4.07. The first-order chi connectivity index (χ1) is 6.72. The van der Waals surface area contributed by atoms with Gasteiger partial charge in [-0.1, -0.05) is 11.8 Å². The van der Waals surface area contributed by atoms with E-state index in [4.69, 9.17) is 9.84 Å². The molecule has 72 valence electrons. The van der Waals surface area contributed by atoms with Crippen molar-refractivity contribution in [3.63, 3.8) is 0 Å². The first-order valence-electron chi connectivity index (χ1n) is 4.07. The molecule has 1 rings (SSSR count). The number of rotatable bonds is 2. The van der Waals surface area contributed by atoms with Crippen LogP contribution in [0.15, 0.2) is 24.3 Å². The lowest BCUT2D eigenvalue weighted by molar-refractivity contribution is -0.135. The third kappa shape index (κ3) is 3.20. The third-order valence-corrected chi connectivity index (χ3v) is 1.56. The van der Waals surface area contributed by atoms with Gasteiger partial charge in [0, 0.05) is 5.56 Å². The lowest BCUT2D eigenvalue weighted by atomic mass is 10.2. The third-order valence-electron chi connectivity index (χ3n) is 1.56. The van der Waals surface area contributed by atoms with Crippen molar-refractivity contribution in [2.75, 3.05) is 7.11 Å². The molecule has 3 heteroatoms. The molecule has 0 heterocycles. The molecular formula is C11H10O3. The summed E-state index contributed by atoms with van der Waals surface area (Å²) in [5, 5.41) is 8.35. The van der Waals surface area contributed by atoms with Gasteiger partial charge in [-0.25, -0.2) is 0 Å². The van der Waals surface area contributed by atoms with Gasteiger partial charge in [-0.2, -0.15) is 0 Å². The molecule has 0 atom stereocenters. The summed E-state index contributed by atoms with van der Waals surface area (Å²) in [5.74, 6) is 5.14. The Morgan fingerprint density at radius 3 is 2.57 bits per heavy atom. The van der Waals surface area contributed by atoms with Crippen molar-refractivity contribution in [2.24, 2.45) is 0 Å². The number of carboxylic acids is 1. The van der Waals surface area contributed by atoms with Gasteiger partial charge < -0.3 is 9.84 Å². The Morgan fingerprint density at radius 2 is 2.07 bits per heavy atom. The monoisotopic (exact) mass is 190 g/mol. The minimum atomic E-state index is -0.911. The second-order valence-corrected chi connectivity index (χ2v) is 2.60. The summed E-state index contributed by atoms with van der Waals surface area (Å²) in [7, 11) is 1.59. The lowest BCUT2D eigenvalue weighted by Crippen LogP contribution is -1.90. The highest BCUT2D eigenvalue weighted by Gasteiger charge is 1.91. The number of hydrogen-bond acceptors (Lipinski definition) is 2. The Labute approximate surface area is 82.3 Å². The fourth-order valence-corrected chi connectivity index (χ4v) is 0.896. The molecule has 0 aliphatic carbocycles. The van der Waals surface area contributed by atoms with E-state index >= 15 is 0 Å². The molecule has 0 saturated carbocycles. The molecule has 0 fully saturated rings. The number of ether oxygens (including phenoxy) is 1. The minimum absolute atomic E-state index is 0.133. The van der Waals surface area contributed by atoms with Crippen LogP contribution in [0.5, 0.6) is 5.75 Å². The average Bonchev–Trinajstić information content (AvgIpc) is 2.18. The molecule has 0 saturated heterocycles. The van der Waals surface area contributed by atoms with Gasteiger partial charge in [0.2, 0.25) is 0 Å². The van der Waals surface area contributed by atoms with Crippen LogP contribution in [0.3, 0.4) is 0 Å². The largest absolute Gasteiger partial charge is 0.497 e. The van der Waals surface area contributed by atoms with Crippen LogP contribution in [0.2, 0.25) is 0 Å². The molecular weight excluding hydrogens is 180 g/mol. The van der Waals surface area contributed by atoms with Gasteiger partial charge in [0.1, 0.15) is 12.2 Å². The smallest absolute Gasteiger partial charge is 0.315 e. The van der Waals surface area contributed by atoms with E-state index < -0.39 is 5.97 Å². The number of carboxylic acid groups (broad SMARTS) is 1. The highest BCUT2D eigenvalue weighted by Crippen LogP contribution is 2.09. The molecule has 0 radical (unpaired) electrons. The van der Waals surface area contributed by atoms with E-state index in [9.17, 15) is 4.79 Å². The zero-order valence-electron chi connectivity index (χ0n) is 7.78. The van der Waals surface area contributed by atoms with Gasteiger partial charge in [0.15, 0.2) is 0 Å². The molecule has 1 aromatic carbocycles. The van der Waals surface area contributed by atoms with Gasteiger partial charge in [-0.15, -0.1) is 0 Å². The van der Waals surface area contributed by atoms with Gasteiger partial charge in [-0.3, -0.25) is 4.79 Å². The average molecular weight is 190 g/mol. The predicted molar refractivity (Wildman–Crippen MR) is 52.1 cm³/mol. The number of aliphatic carboxylic acids is 1. The fraction of sp³-hybridized carbons (Fsp3) is 0.182. The molecule has 0 aliphatic rings. The number of benzene rings is 1. The second kappa shape index (κ2) is 4.93. The first kappa shape index (κ1) is 10.1. The van der Waals surface area contributed by atoms with E-state index in [0.717, 1.165) is 11.3 Å². The Kier molecular flexibility index (Phi) is 3.57. The van der Waals surface area contributed by atoms with Crippen LogP contribution in [0.25, 0.3) is 0 Å². The van der Waals surface area contributed by atoms with Gasteiger partial charge >= 0.3 is 5.97 Å². The van der Waals surface area contributed by atoms with Crippen molar-refractivity contribution in [2.45, 2.75) is 6.42 Å². The zero-order chi connectivity index (χ0) is 10.4. The highest BCUT2D eigenvalue weighted by atomic mass is 16.5. The summed E-state index contributed by atoms with van der Waals surface area (Å²) in [6.07, 6.45) is -0.133. The quantitative estimate of drug-likeness (QED) is 0.719. The molecule has 14 heavy (non-hydrogen) atoms. The van der Waals surface area contributed by atoms with Gasteiger partial charge in [0.25, 0.3) is 0 Å². The molecule has 0 aromatic heterocycles. The standard InChI is InChI=1S/C11H10O3/c1-14-10-7-5-9(6-8-10)3-2-4-11(12)13/h5-8H,4H2,1H3,(H,12,13). The van der Waals surface area contributed by atoms with E-state index in [2.05, 4.69) is 11.8 Å². The highest BCUT2D eigenvalue weighted by molar-refractivity contribution is 5.70. The Morgan fingerprint density at radius 1 is 1.43 bits per heavy atom. The van der Waals surface area contributed by atoms with Crippen LogP contribution < -0.4 is 4.74 Å². The van der Waals surface area contributed by atoms with Crippen molar-refractivity contribution in [3.05, 3.63) is 29.8 Å². The molecule has 0 spiro atoms. The SMILES string of the molecule is COc1ccc(C#CCC(=O)O)cc1. The van der Waals surface area contributed by atoms with Crippen molar-refractivity contribution in [3.8, 4) is 17.6 Å². The Bertz CT molecular complexity index is 368. The summed E-state index contributed by atoms with van der Waals surface area (Å²) in [6, 6.07) is 7.14. The van der Waals surface area contributed by atoms with E-state index in [1.807, 2.05) is 0 Å². The van der Waals surface area contributed by atoms with Crippen LogP contribution in [0.1, 0.15) is 12.0 Å².